The van der Waals surface area contributed by atoms with Gasteiger partial charge in [-0.05, 0) is 50.5 Å². The van der Waals surface area contributed by atoms with Gasteiger partial charge in [-0.15, -0.1) is 13.2 Å². The molecular weight excluding hydrogens is 482 g/mol. The number of hydrogen-bond acceptors (Lipinski definition) is 7. The molecule has 0 radical (unpaired) electrons. The van der Waals surface area contributed by atoms with E-state index in [0.29, 0.717) is 30.0 Å². The minimum absolute atomic E-state index is 0.137. The van der Waals surface area contributed by atoms with Crippen LogP contribution in [0.4, 0.5) is 29.1 Å². The molecule has 3 heterocycles. The highest BCUT2D eigenvalue weighted by atomic mass is 19.4. The lowest BCUT2D eigenvalue weighted by Gasteiger charge is -2.23. The topological polar surface area (TPSA) is 90.8 Å². The Morgan fingerprint density at radius 3 is 2.47 bits per heavy atom. The highest BCUT2D eigenvalue weighted by molar-refractivity contribution is 6.05. The van der Waals surface area contributed by atoms with Crippen LogP contribution < -0.4 is 15.0 Å². The second-order valence-corrected chi connectivity index (χ2v) is 8.52. The number of aliphatic hydroxyl groups excluding tert-OH is 1. The number of aromatic nitrogens is 2. The van der Waals surface area contributed by atoms with Crippen molar-refractivity contribution in [2.75, 3.05) is 37.4 Å². The van der Waals surface area contributed by atoms with E-state index < -0.39 is 29.9 Å². The number of alkyl halides is 3. The minimum atomic E-state index is -4.82. The number of benzene rings is 1. The molecule has 1 aromatic carbocycles. The van der Waals surface area contributed by atoms with Crippen molar-refractivity contribution >= 4 is 17.4 Å². The van der Waals surface area contributed by atoms with Gasteiger partial charge in [0.05, 0.1) is 23.9 Å². The van der Waals surface area contributed by atoms with E-state index >= 15 is 0 Å². The fourth-order valence-electron chi connectivity index (χ4n) is 4.00. The van der Waals surface area contributed by atoms with Gasteiger partial charge in [-0.25, -0.2) is 9.37 Å². The van der Waals surface area contributed by atoms with Gasteiger partial charge in [-0.3, -0.25) is 9.78 Å². The third-order valence-corrected chi connectivity index (χ3v) is 5.71. The molecule has 1 aliphatic rings. The average molecular weight is 505 g/mol. The van der Waals surface area contributed by atoms with E-state index in [1.807, 2.05) is 23.9 Å². The van der Waals surface area contributed by atoms with E-state index in [4.69, 9.17) is 0 Å². The van der Waals surface area contributed by atoms with E-state index in [-0.39, 0.29) is 17.3 Å². The van der Waals surface area contributed by atoms with Crippen LogP contribution >= 0.6 is 0 Å². The van der Waals surface area contributed by atoms with Gasteiger partial charge in [-0.2, -0.15) is 0 Å². The number of nitrogens with zero attached hydrogens (tertiary/aromatic N) is 4. The first-order valence-electron chi connectivity index (χ1n) is 10.9. The first kappa shape index (κ1) is 25.3. The van der Waals surface area contributed by atoms with Crippen molar-refractivity contribution in [3.8, 4) is 16.9 Å². The molecule has 2 aromatic heterocycles. The average Bonchev–Trinajstić information content (AvgIpc) is 3.21. The van der Waals surface area contributed by atoms with E-state index in [9.17, 15) is 27.5 Å². The van der Waals surface area contributed by atoms with E-state index in [1.54, 1.807) is 0 Å². The first-order valence-corrected chi connectivity index (χ1v) is 10.9. The number of hydrogen-bond donors (Lipinski definition) is 2. The largest absolute Gasteiger partial charge is 0.573 e. The number of halogens is 4. The number of likely N-dealkylation sites (N-methyl/N-ethyl adjacent to an activating group) is 1. The summed E-state index contributed by atoms with van der Waals surface area (Å²) in [5.41, 5.74) is 1.21. The van der Waals surface area contributed by atoms with E-state index in [0.717, 1.165) is 18.3 Å². The summed E-state index contributed by atoms with van der Waals surface area (Å²) in [5, 5.41) is 13.1. The maximum Gasteiger partial charge on any atom is 0.573 e. The third-order valence-electron chi connectivity index (χ3n) is 5.71. The molecule has 1 aliphatic heterocycles. The number of β-amino-alcohol motifs (C(OH)–C–C–N with tert-alkyl or cyclic N) is 1. The molecule has 190 valence electrons. The Balaban J connectivity index is 1.62. The van der Waals surface area contributed by atoms with Gasteiger partial charge in [0.2, 0.25) is 0 Å². The Morgan fingerprint density at radius 2 is 1.86 bits per heavy atom. The molecule has 8 nitrogen and oxygen atoms in total. The number of carbonyl (C=O) groups excluding carboxylic acids is 1. The Bertz CT molecular complexity index is 1240. The minimum Gasteiger partial charge on any atom is -0.406 e. The van der Waals surface area contributed by atoms with E-state index in [2.05, 4.69) is 20.0 Å². The molecule has 0 spiro atoms. The van der Waals surface area contributed by atoms with Gasteiger partial charge < -0.3 is 25.0 Å². The summed E-state index contributed by atoms with van der Waals surface area (Å²) in [7, 11) is 3.72. The van der Waals surface area contributed by atoms with Crippen LogP contribution in [0.3, 0.4) is 0 Å². The maximum absolute atomic E-state index is 14.0. The van der Waals surface area contributed by atoms with Crippen molar-refractivity contribution < 1.29 is 32.2 Å². The molecule has 2 unspecified atom stereocenters. The van der Waals surface area contributed by atoms with Gasteiger partial charge >= 0.3 is 6.36 Å². The number of anilines is 2. The number of amides is 1. The molecule has 36 heavy (non-hydrogen) atoms. The molecular formula is C24H23F4N5O3. The number of rotatable bonds is 6. The highest BCUT2D eigenvalue weighted by Gasteiger charge is 2.35. The Labute approximate surface area is 204 Å². The smallest absolute Gasteiger partial charge is 0.406 e. The molecule has 12 heteroatoms. The SMILES string of the molecule is CN(C)C1CN(c2ncc(C(=O)Nc3ccc(OC(F)(F)F)cc3)cc2-c2cncc(F)c2)CC1O. The fraction of sp³-hybridized carbons (Fsp3) is 0.292. The van der Waals surface area contributed by atoms with Gasteiger partial charge in [0, 0.05) is 42.3 Å². The van der Waals surface area contributed by atoms with Crippen LogP contribution in [0.1, 0.15) is 10.4 Å². The first-order chi connectivity index (χ1) is 17.0. The van der Waals surface area contributed by atoms with Gasteiger partial charge in [-0.1, -0.05) is 0 Å². The zero-order valence-electron chi connectivity index (χ0n) is 19.3. The van der Waals surface area contributed by atoms with Crippen molar-refractivity contribution in [3.63, 3.8) is 0 Å². The Morgan fingerprint density at radius 1 is 1.14 bits per heavy atom. The predicted molar refractivity (Wildman–Crippen MR) is 124 cm³/mol. The van der Waals surface area contributed by atoms with Gasteiger partial charge in [0.25, 0.3) is 5.91 Å². The van der Waals surface area contributed by atoms with Crippen molar-refractivity contribution in [2.45, 2.75) is 18.5 Å². The number of aliphatic hydroxyl groups is 1. The van der Waals surface area contributed by atoms with Crippen LogP contribution in [-0.2, 0) is 0 Å². The normalized spacial score (nSPS) is 17.9. The van der Waals surface area contributed by atoms with Crippen LogP contribution in [0.25, 0.3) is 11.1 Å². The van der Waals surface area contributed by atoms with Crippen LogP contribution in [0, 0.1) is 5.82 Å². The van der Waals surface area contributed by atoms with Crippen LogP contribution in [-0.4, -0.2) is 71.6 Å². The molecule has 1 amide bonds. The summed E-state index contributed by atoms with van der Waals surface area (Å²) in [6.07, 6.45) is -1.61. The zero-order chi connectivity index (χ0) is 26.0. The van der Waals surface area contributed by atoms with Crippen LogP contribution in [0.5, 0.6) is 5.75 Å². The third kappa shape index (κ3) is 5.89. The van der Waals surface area contributed by atoms with E-state index in [1.165, 1.54) is 36.7 Å². The summed E-state index contributed by atoms with van der Waals surface area (Å²) in [6, 6.07) is 7.35. The monoisotopic (exact) mass is 505 g/mol. The molecule has 3 aromatic rings. The highest BCUT2D eigenvalue weighted by Crippen LogP contribution is 2.33. The molecule has 1 fully saturated rings. The second kappa shape index (κ2) is 10.1. The summed E-state index contributed by atoms with van der Waals surface area (Å²) < 4.78 is 54.9. The summed E-state index contributed by atoms with van der Waals surface area (Å²) in [6.45, 7) is 0.762. The van der Waals surface area contributed by atoms with Crippen molar-refractivity contribution in [2.24, 2.45) is 0 Å². The molecule has 4 rings (SSSR count). The lowest BCUT2D eigenvalue weighted by atomic mass is 10.1. The lowest BCUT2D eigenvalue weighted by Crippen LogP contribution is -2.38. The van der Waals surface area contributed by atoms with Crippen LogP contribution in [0.15, 0.2) is 55.0 Å². The number of pyridine rings is 2. The number of ether oxygens (including phenoxy) is 1. The summed E-state index contributed by atoms with van der Waals surface area (Å²) >= 11 is 0. The van der Waals surface area contributed by atoms with Crippen molar-refractivity contribution in [3.05, 3.63) is 66.4 Å². The van der Waals surface area contributed by atoms with Crippen molar-refractivity contribution in [1.29, 1.82) is 0 Å². The number of carbonyl (C=O) groups is 1. The zero-order valence-corrected chi connectivity index (χ0v) is 19.3. The standard InChI is InChI=1S/C24H23F4N5O3/c1-32(2)20-12-33(13-21(20)34)22-19(14-7-16(25)11-29-9-14)8-15(10-30-22)23(35)31-17-3-5-18(6-4-17)36-24(26,27)28/h3-11,20-21,34H,12-13H2,1-2H3,(H,31,35). The summed E-state index contributed by atoms with van der Waals surface area (Å²) in [4.78, 5) is 25.0. The predicted octanol–water partition coefficient (Wildman–Crippen LogP) is 3.54. The fourth-order valence-corrected chi connectivity index (χ4v) is 4.00. The van der Waals surface area contributed by atoms with Crippen LogP contribution in [0.2, 0.25) is 0 Å². The molecule has 2 N–H and O–H groups in total. The quantitative estimate of drug-likeness (QED) is 0.496. The van der Waals surface area contributed by atoms with Gasteiger partial charge in [0.15, 0.2) is 0 Å². The van der Waals surface area contributed by atoms with Crippen molar-refractivity contribution in [1.82, 2.24) is 14.9 Å². The second-order valence-electron chi connectivity index (χ2n) is 8.52. The lowest BCUT2D eigenvalue weighted by molar-refractivity contribution is -0.274. The Hall–Kier alpha value is -3.77. The molecule has 0 bridgehead atoms. The molecule has 0 saturated carbocycles. The maximum atomic E-state index is 14.0. The Kier molecular flexibility index (Phi) is 7.09. The molecule has 2 atom stereocenters. The van der Waals surface area contributed by atoms with Gasteiger partial charge in [0.1, 0.15) is 17.4 Å². The number of nitrogens with one attached hydrogen (secondary N) is 1. The molecule has 0 aliphatic carbocycles. The molecule has 1 saturated heterocycles. The summed E-state index contributed by atoms with van der Waals surface area (Å²) in [5.74, 6) is -1.11.